The summed E-state index contributed by atoms with van der Waals surface area (Å²) in [6.45, 7) is 9.40. The van der Waals surface area contributed by atoms with Crippen molar-refractivity contribution in [2.45, 2.75) is 50.9 Å². The molecule has 0 radical (unpaired) electrons. The number of carbonyl (C=O) groups excluding carboxylic acids is 1. The summed E-state index contributed by atoms with van der Waals surface area (Å²) in [6, 6.07) is 7.85. The van der Waals surface area contributed by atoms with E-state index in [9.17, 15) is 15.0 Å². The number of nitrogens with two attached hydrogens (primary N) is 1. The fourth-order valence-electron chi connectivity index (χ4n) is 8.61. The molecule has 1 aromatic carbocycles. The number of nitrogens with zero attached hydrogens (tertiary/aromatic N) is 3. The second-order valence-corrected chi connectivity index (χ2v) is 14.5. The number of hydrogen-bond acceptors (Lipinski definition) is 9. The van der Waals surface area contributed by atoms with Crippen LogP contribution in [-0.4, -0.2) is 116 Å². The van der Waals surface area contributed by atoms with Gasteiger partial charge in [0.25, 0.3) is 0 Å². The molecule has 4 unspecified atom stereocenters. The highest BCUT2D eigenvalue weighted by molar-refractivity contribution is 5.98. The number of fused-ring (bicyclic) bond motifs is 1. The zero-order valence-electron chi connectivity index (χ0n) is 27.7. The Labute approximate surface area is 272 Å². The Bertz CT molecular complexity index is 1410. The molecule has 6 rings (SSSR count). The van der Waals surface area contributed by atoms with Gasteiger partial charge in [0.05, 0.1) is 44.6 Å². The number of benzene rings is 1. The number of morpholine rings is 1. The minimum absolute atomic E-state index is 0.0101. The molecule has 46 heavy (non-hydrogen) atoms. The van der Waals surface area contributed by atoms with Crippen LogP contribution >= 0.6 is 0 Å². The molecular weight excluding hydrogens is 584 g/mol. The van der Waals surface area contributed by atoms with Crippen LogP contribution in [0.4, 0.5) is 0 Å². The van der Waals surface area contributed by atoms with Crippen molar-refractivity contribution >= 4 is 17.9 Å². The SMILES string of the molecule is CN(C)CCN=C(N)c1ccc(/C=C2C=C(/C=C/C3C4(CO4)C(N4CCOCC4)CC4[C@]3(C)CC[C@@H](O)[C@@]4(C)CO)C(=O)O\2)cc1. The van der Waals surface area contributed by atoms with Gasteiger partial charge in [0.1, 0.15) is 17.2 Å². The fourth-order valence-corrected chi connectivity index (χ4v) is 8.61. The van der Waals surface area contributed by atoms with Gasteiger partial charge < -0.3 is 35.1 Å². The van der Waals surface area contributed by atoms with Crippen LogP contribution in [0.15, 0.2) is 58.8 Å². The lowest BCUT2D eigenvalue weighted by atomic mass is 9.44. The van der Waals surface area contributed by atoms with Gasteiger partial charge in [-0.15, -0.1) is 0 Å². The molecule has 4 N–H and O–H groups in total. The molecule has 3 aliphatic heterocycles. The van der Waals surface area contributed by atoms with Crippen LogP contribution in [0.2, 0.25) is 0 Å². The lowest BCUT2D eigenvalue weighted by molar-refractivity contribution is -0.186. The third kappa shape index (κ3) is 6.11. The number of allylic oxidation sites excluding steroid dienone is 1. The van der Waals surface area contributed by atoms with Crippen LogP contribution in [0.3, 0.4) is 0 Å². The molecule has 2 saturated carbocycles. The second kappa shape index (κ2) is 13.0. The molecule has 0 amide bonds. The van der Waals surface area contributed by atoms with Gasteiger partial charge in [-0.3, -0.25) is 9.89 Å². The van der Waals surface area contributed by atoms with Crippen molar-refractivity contribution in [3.63, 3.8) is 0 Å². The normalized spacial score (nSPS) is 37.6. The predicted octanol–water partition coefficient (Wildman–Crippen LogP) is 2.60. The smallest absolute Gasteiger partial charge is 0.343 e. The molecule has 0 bridgehead atoms. The van der Waals surface area contributed by atoms with Gasteiger partial charge in [-0.05, 0) is 62.4 Å². The van der Waals surface area contributed by atoms with Gasteiger partial charge in [-0.1, -0.05) is 50.3 Å². The van der Waals surface area contributed by atoms with Crippen molar-refractivity contribution in [2.24, 2.45) is 33.4 Å². The van der Waals surface area contributed by atoms with Gasteiger partial charge >= 0.3 is 5.97 Å². The summed E-state index contributed by atoms with van der Waals surface area (Å²) in [5.74, 6) is 0.656. The molecule has 5 aliphatic rings. The average molecular weight is 635 g/mol. The number of amidine groups is 1. The van der Waals surface area contributed by atoms with Gasteiger partial charge in [-0.25, -0.2) is 4.79 Å². The van der Waals surface area contributed by atoms with E-state index in [-0.39, 0.29) is 41.5 Å². The molecular formula is C36H50N4O6. The molecule has 7 atom stereocenters. The van der Waals surface area contributed by atoms with Crippen LogP contribution in [0, 0.1) is 22.7 Å². The molecule has 10 nitrogen and oxygen atoms in total. The number of epoxide rings is 1. The maximum Gasteiger partial charge on any atom is 0.343 e. The van der Waals surface area contributed by atoms with Crippen molar-refractivity contribution in [1.82, 2.24) is 9.80 Å². The number of aliphatic hydroxyl groups excluding tert-OH is 2. The highest BCUT2D eigenvalue weighted by atomic mass is 16.6. The molecule has 1 aromatic rings. The number of ether oxygens (including phenoxy) is 3. The van der Waals surface area contributed by atoms with Crippen LogP contribution < -0.4 is 5.73 Å². The lowest BCUT2D eigenvalue weighted by Crippen LogP contribution is -2.67. The fraction of sp³-hybridized carbons (Fsp3) is 0.611. The standard InChI is InChI=1S/C36H50N4O6/c1-34-12-11-31(42)35(2,22-41)29(34)21-30(40-15-17-44-18-16-40)36(23-45-36)28(34)10-9-26-20-27(46-33(26)43)19-24-5-7-25(8-6-24)32(37)38-13-14-39(3)4/h5-10,19-20,28-31,41-42H,11-18,21-23H2,1-4H3,(H2,37,38)/b10-9+,27-19+/t28?,29?,30?,31-,34-,35+,36?/m1/s1. The van der Waals surface area contributed by atoms with E-state index in [0.29, 0.717) is 50.0 Å². The topological polar surface area (TPSA) is 133 Å². The molecule has 2 saturated heterocycles. The third-order valence-electron chi connectivity index (χ3n) is 11.4. The number of esters is 1. The van der Waals surface area contributed by atoms with Gasteiger partial charge in [-0.2, -0.15) is 0 Å². The maximum absolute atomic E-state index is 13.0. The number of hydrogen-bond donors (Lipinski definition) is 3. The predicted molar refractivity (Wildman–Crippen MR) is 177 cm³/mol. The Kier molecular flexibility index (Phi) is 9.32. The average Bonchev–Trinajstić information content (AvgIpc) is 3.74. The maximum atomic E-state index is 13.0. The summed E-state index contributed by atoms with van der Waals surface area (Å²) < 4.78 is 17.8. The highest BCUT2D eigenvalue weighted by Gasteiger charge is 2.71. The number of aliphatic imine (C=N–C) groups is 1. The van der Waals surface area contributed by atoms with Crippen LogP contribution in [0.5, 0.6) is 0 Å². The number of likely N-dealkylation sites (N-methyl/N-ethyl adjacent to an activating group) is 1. The molecule has 3 heterocycles. The van der Waals surface area contributed by atoms with E-state index in [1.807, 2.05) is 57.4 Å². The zero-order valence-corrected chi connectivity index (χ0v) is 27.7. The first-order chi connectivity index (χ1) is 22.0. The minimum Gasteiger partial charge on any atom is -0.423 e. The van der Waals surface area contributed by atoms with E-state index in [1.165, 1.54) is 0 Å². The van der Waals surface area contributed by atoms with Crippen molar-refractivity contribution in [1.29, 1.82) is 0 Å². The van der Waals surface area contributed by atoms with Gasteiger partial charge in [0, 0.05) is 42.6 Å². The zero-order chi connectivity index (χ0) is 32.7. The Morgan fingerprint density at radius 2 is 1.91 bits per heavy atom. The first kappa shape index (κ1) is 33.1. The summed E-state index contributed by atoms with van der Waals surface area (Å²) in [6.07, 6.45) is 9.40. The third-order valence-corrected chi connectivity index (χ3v) is 11.4. The van der Waals surface area contributed by atoms with Crippen LogP contribution in [0.1, 0.15) is 44.2 Å². The van der Waals surface area contributed by atoms with Crippen molar-refractivity contribution in [3.8, 4) is 0 Å². The molecule has 0 aromatic heterocycles. The largest absolute Gasteiger partial charge is 0.423 e. The number of rotatable bonds is 9. The van der Waals surface area contributed by atoms with E-state index < -0.39 is 11.5 Å². The Morgan fingerprint density at radius 1 is 1.20 bits per heavy atom. The van der Waals surface area contributed by atoms with Crippen LogP contribution in [-0.2, 0) is 19.0 Å². The monoisotopic (exact) mass is 634 g/mol. The van der Waals surface area contributed by atoms with Gasteiger partial charge in [0.2, 0.25) is 0 Å². The van der Waals surface area contributed by atoms with E-state index >= 15 is 0 Å². The summed E-state index contributed by atoms with van der Waals surface area (Å²) in [5, 5.41) is 21.8. The number of cyclic esters (lactones) is 1. The Balaban J connectivity index is 1.25. The van der Waals surface area contributed by atoms with Crippen molar-refractivity contribution in [2.75, 3.05) is 66.7 Å². The van der Waals surface area contributed by atoms with E-state index in [0.717, 1.165) is 43.6 Å². The molecule has 2 aliphatic carbocycles. The minimum atomic E-state index is -0.625. The summed E-state index contributed by atoms with van der Waals surface area (Å²) in [4.78, 5) is 22.0. The Morgan fingerprint density at radius 3 is 2.57 bits per heavy atom. The molecule has 1 spiro atoms. The summed E-state index contributed by atoms with van der Waals surface area (Å²) in [5.41, 5.74) is 7.17. The first-order valence-electron chi connectivity index (χ1n) is 16.6. The number of aliphatic hydroxyl groups is 2. The summed E-state index contributed by atoms with van der Waals surface area (Å²) >= 11 is 0. The quantitative estimate of drug-likeness (QED) is 0.162. The van der Waals surface area contributed by atoms with Crippen LogP contribution in [0.25, 0.3) is 6.08 Å². The second-order valence-electron chi connectivity index (χ2n) is 14.5. The van der Waals surface area contributed by atoms with Crippen molar-refractivity contribution in [3.05, 3.63) is 65.0 Å². The van der Waals surface area contributed by atoms with E-state index in [4.69, 9.17) is 19.9 Å². The molecule has 10 heteroatoms. The lowest BCUT2D eigenvalue weighted by Gasteiger charge is -2.63. The van der Waals surface area contributed by atoms with E-state index in [2.05, 4.69) is 27.8 Å². The molecule has 4 fully saturated rings. The number of carbonyl (C=O) groups is 1. The molecule has 250 valence electrons. The highest BCUT2D eigenvalue weighted by Crippen LogP contribution is 2.66. The van der Waals surface area contributed by atoms with Crippen molar-refractivity contribution < 1.29 is 29.2 Å². The summed E-state index contributed by atoms with van der Waals surface area (Å²) in [7, 11) is 4.00. The van der Waals surface area contributed by atoms with Gasteiger partial charge in [0.15, 0.2) is 0 Å². The van der Waals surface area contributed by atoms with E-state index in [1.54, 1.807) is 6.08 Å². The Hall–Kier alpha value is -2.86. The first-order valence-corrected chi connectivity index (χ1v) is 16.6.